The van der Waals surface area contributed by atoms with Crippen molar-refractivity contribution in [2.24, 2.45) is 5.41 Å². The van der Waals surface area contributed by atoms with Gasteiger partial charge in [0.25, 0.3) is 0 Å². The van der Waals surface area contributed by atoms with Crippen LogP contribution in [0.2, 0.25) is 0 Å². The summed E-state index contributed by atoms with van der Waals surface area (Å²) >= 11 is 0. The molecule has 0 saturated carbocycles. The number of fused-ring (bicyclic) bond motifs is 1. The van der Waals surface area contributed by atoms with Gasteiger partial charge in [-0.1, -0.05) is 185 Å². The number of aromatic nitrogens is 3. The zero-order chi connectivity index (χ0) is 50.8. The van der Waals surface area contributed by atoms with E-state index in [1.165, 1.54) is 5.56 Å². The maximum atomic E-state index is 12.5. The van der Waals surface area contributed by atoms with Crippen molar-refractivity contribution in [1.82, 2.24) is 14.5 Å². The lowest BCUT2D eigenvalue weighted by Crippen LogP contribution is -2.34. The van der Waals surface area contributed by atoms with Crippen LogP contribution in [0.25, 0.3) is 83.9 Å². The van der Waals surface area contributed by atoms with Gasteiger partial charge in [0.15, 0.2) is 0 Å². The largest absolute Gasteiger partial charge is 0.507 e. The number of hydrogen-bond donors (Lipinski definition) is 1. The Morgan fingerprint density at radius 2 is 1.13 bits per heavy atom. The first-order chi connectivity index (χ1) is 33.4. The van der Waals surface area contributed by atoms with E-state index in [0.717, 1.165) is 78.0 Å². The lowest BCUT2D eigenvalue weighted by molar-refractivity contribution is 0.225. The molecule has 0 saturated heterocycles. The van der Waals surface area contributed by atoms with E-state index in [2.05, 4.69) is 161 Å². The van der Waals surface area contributed by atoms with Crippen molar-refractivity contribution < 1.29 is 9.22 Å². The fourth-order valence-corrected chi connectivity index (χ4v) is 9.13. The van der Waals surface area contributed by atoms with Crippen LogP contribution in [0.5, 0.6) is 5.75 Å². The van der Waals surface area contributed by atoms with E-state index in [0.29, 0.717) is 22.5 Å². The predicted molar refractivity (Wildman–Crippen MR) is 288 cm³/mol. The van der Waals surface area contributed by atoms with Gasteiger partial charge in [0, 0.05) is 27.0 Å². The zero-order valence-corrected chi connectivity index (χ0v) is 41.5. The van der Waals surface area contributed by atoms with Crippen LogP contribution in [0.1, 0.15) is 120 Å². The molecule has 2 heterocycles. The fourth-order valence-electron chi connectivity index (χ4n) is 9.13. The molecule has 0 aliphatic heterocycles. The average Bonchev–Trinajstić information content (AvgIpc) is 3.72. The van der Waals surface area contributed by atoms with Gasteiger partial charge in [0.1, 0.15) is 11.6 Å². The minimum Gasteiger partial charge on any atom is -0.507 e. The standard InChI is InChI=1S/C64H65N3O/c1-40(2)43-25-27-45(28-26-43)47-31-32-65-57(38-47)51-34-49(44-19-14-12-15-20-44)33-50(35-51)53-23-18-24-59-60(53)66-62(56-37-48(41(3)4)36-54(42(5)6)61(56)68)67(59)58-30-29-52(64(10,11)63(7,8)9)39-55(58)46-21-16-13-17-22-46/h12-42,68H,1-11H3/i40D,41D,42D. The zero-order valence-electron chi connectivity index (χ0n) is 44.5. The molecular weight excluding hydrogens is 827 g/mol. The topological polar surface area (TPSA) is 50.9 Å². The highest BCUT2D eigenvalue weighted by Gasteiger charge is 2.35. The molecule has 0 fully saturated rings. The second-order valence-corrected chi connectivity index (χ2v) is 20.5. The highest BCUT2D eigenvalue weighted by Crippen LogP contribution is 2.47. The Morgan fingerprint density at radius 3 is 1.78 bits per heavy atom. The third-order valence-corrected chi connectivity index (χ3v) is 14.3. The van der Waals surface area contributed by atoms with Crippen molar-refractivity contribution in [2.45, 2.75) is 99.3 Å². The lowest BCUT2D eigenvalue weighted by Gasteiger charge is -2.40. The number of nitrogens with zero attached hydrogens (tertiary/aromatic N) is 3. The summed E-state index contributed by atoms with van der Waals surface area (Å²) in [5.41, 5.74) is 15.8. The lowest BCUT2D eigenvalue weighted by atomic mass is 9.65. The van der Waals surface area contributed by atoms with Crippen LogP contribution in [0.4, 0.5) is 0 Å². The molecule has 0 amide bonds. The van der Waals surface area contributed by atoms with Gasteiger partial charge in [-0.3, -0.25) is 9.55 Å². The average molecular weight is 895 g/mol. The van der Waals surface area contributed by atoms with E-state index in [1.807, 2.05) is 76.4 Å². The molecule has 0 bridgehead atoms. The second kappa shape index (κ2) is 18.2. The van der Waals surface area contributed by atoms with Crippen LogP contribution in [-0.2, 0) is 5.41 Å². The molecule has 0 radical (unpaired) electrons. The van der Waals surface area contributed by atoms with E-state index in [-0.39, 0.29) is 16.6 Å². The summed E-state index contributed by atoms with van der Waals surface area (Å²) in [6.45, 7) is 22.5. The maximum absolute atomic E-state index is 12.5. The number of aromatic hydroxyl groups is 1. The van der Waals surface area contributed by atoms with E-state index in [1.54, 1.807) is 13.8 Å². The summed E-state index contributed by atoms with van der Waals surface area (Å²) in [4.78, 5) is 10.6. The first kappa shape index (κ1) is 42.3. The molecule has 7 aromatic carbocycles. The van der Waals surface area contributed by atoms with Gasteiger partial charge in [-0.2, -0.15) is 0 Å². The Bertz CT molecular complexity index is 3420. The van der Waals surface area contributed by atoms with Crippen molar-refractivity contribution >= 4 is 11.0 Å². The molecule has 9 aromatic rings. The van der Waals surface area contributed by atoms with Gasteiger partial charge in [-0.25, -0.2) is 4.98 Å². The van der Waals surface area contributed by atoms with E-state index in [4.69, 9.17) is 11.3 Å². The van der Waals surface area contributed by atoms with Crippen LogP contribution >= 0.6 is 0 Å². The molecule has 0 aliphatic carbocycles. The predicted octanol–water partition coefficient (Wildman–Crippen LogP) is 17.8. The van der Waals surface area contributed by atoms with Crippen molar-refractivity contribution in [3.63, 3.8) is 0 Å². The molecule has 2 aromatic heterocycles. The number of benzene rings is 7. The molecular formula is C64H65N3O. The molecule has 68 heavy (non-hydrogen) atoms. The molecule has 0 unspecified atom stereocenters. The molecule has 0 aliphatic rings. The van der Waals surface area contributed by atoms with Crippen molar-refractivity contribution in [3.05, 3.63) is 192 Å². The SMILES string of the molecule is [2H]C(C)(C)c1ccc(-c2ccnc(-c3cc(-c4ccccc4)cc(-c4cccc5c4nc(-c4cc(C([2H])(C)C)cc(C([2H])(C)C)c4O)n5-c4ccc(C(C)(C)C(C)(C)C)cc4-c4ccccc4)c3)c2)cc1. The summed E-state index contributed by atoms with van der Waals surface area (Å²) in [6, 6.07) is 56.6. The Hall–Kier alpha value is -7.04. The number of phenolic OH excluding ortho intramolecular Hbond substituents is 1. The minimum absolute atomic E-state index is 0.0276. The molecule has 9 rings (SSSR count). The minimum atomic E-state index is -1.18. The Balaban J connectivity index is 1.34. The summed E-state index contributed by atoms with van der Waals surface area (Å²) in [5.74, 6) is -2.43. The van der Waals surface area contributed by atoms with Crippen LogP contribution in [0.3, 0.4) is 0 Å². The number of phenols is 1. The molecule has 1 N–H and O–H groups in total. The van der Waals surface area contributed by atoms with Gasteiger partial charge in [0.2, 0.25) is 0 Å². The number of pyridine rings is 1. The number of imidazole rings is 1. The summed E-state index contributed by atoms with van der Waals surface area (Å²) < 4.78 is 29.2. The Morgan fingerprint density at radius 1 is 0.500 bits per heavy atom. The van der Waals surface area contributed by atoms with Crippen LogP contribution in [0, 0.1) is 5.41 Å². The molecule has 342 valence electrons. The van der Waals surface area contributed by atoms with E-state index in [9.17, 15) is 7.85 Å². The second-order valence-electron chi connectivity index (χ2n) is 20.5. The molecule has 4 nitrogen and oxygen atoms in total. The monoisotopic (exact) mass is 895 g/mol. The van der Waals surface area contributed by atoms with E-state index >= 15 is 0 Å². The summed E-state index contributed by atoms with van der Waals surface area (Å²) in [7, 11) is 0. The van der Waals surface area contributed by atoms with Gasteiger partial charge in [-0.15, -0.1) is 0 Å². The maximum Gasteiger partial charge on any atom is 0.149 e. The molecule has 0 spiro atoms. The Labute approximate surface area is 408 Å². The summed E-state index contributed by atoms with van der Waals surface area (Å²) in [6.07, 6.45) is 1.86. The third-order valence-electron chi connectivity index (χ3n) is 14.3. The number of para-hydroxylation sites is 1. The van der Waals surface area contributed by atoms with E-state index < -0.39 is 17.7 Å². The van der Waals surface area contributed by atoms with Gasteiger partial charge in [0.05, 0.1) is 28.0 Å². The van der Waals surface area contributed by atoms with Crippen molar-refractivity contribution in [1.29, 1.82) is 0 Å². The molecule has 0 atom stereocenters. The number of hydrogen-bond acceptors (Lipinski definition) is 3. The van der Waals surface area contributed by atoms with Gasteiger partial charge >= 0.3 is 0 Å². The quantitative estimate of drug-likeness (QED) is 0.141. The van der Waals surface area contributed by atoms with Crippen molar-refractivity contribution in [3.8, 4) is 78.6 Å². The fraction of sp³-hybridized carbons (Fsp3) is 0.250. The normalized spacial score (nSPS) is 13.3. The van der Waals surface area contributed by atoms with Gasteiger partial charge in [-0.05, 0) is 139 Å². The highest BCUT2D eigenvalue weighted by molar-refractivity contribution is 5.98. The number of rotatable bonds is 11. The smallest absolute Gasteiger partial charge is 0.149 e. The van der Waals surface area contributed by atoms with Crippen molar-refractivity contribution in [2.75, 3.05) is 0 Å². The first-order valence-electron chi connectivity index (χ1n) is 25.3. The Kier molecular flexibility index (Phi) is 11.3. The van der Waals surface area contributed by atoms with Crippen LogP contribution in [-0.4, -0.2) is 19.6 Å². The third kappa shape index (κ3) is 8.69. The van der Waals surface area contributed by atoms with Crippen LogP contribution < -0.4 is 0 Å². The van der Waals surface area contributed by atoms with Gasteiger partial charge < -0.3 is 5.11 Å². The molecule has 4 heteroatoms. The summed E-state index contributed by atoms with van der Waals surface area (Å²) in [5, 5.41) is 12.5. The van der Waals surface area contributed by atoms with Crippen LogP contribution in [0.15, 0.2) is 170 Å². The first-order valence-corrected chi connectivity index (χ1v) is 23.8. The highest BCUT2D eigenvalue weighted by atomic mass is 16.3.